The third kappa shape index (κ3) is 4.54. The van der Waals surface area contributed by atoms with Crippen LogP contribution in [-0.4, -0.2) is 6.71 Å². The molecule has 2 aliphatic rings. The van der Waals surface area contributed by atoms with Crippen molar-refractivity contribution in [1.82, 2.24) is 0 Å². The van der Waals surface area contributed by atoms with Gasteiger partial charge in [-0.25, -0.2) is 0 Å². The van der Waals surface area contributed by atoms with Gasteiger partial charge in [-0.2, -0.15) is 0 Å². The van der Waals surface area contributed by atoms with Gasteiger partial charge in [0.1, 0.15) is 34.2 Å². The van der Waals surface area contributed by atoms with Crippen LogP contribution in [0.2, 0.25) is 0 Å². The first-order valence-electron chi connectivity index (χ1n) is 17.7. The molecule has 0 saturated heterocycles. The van der Waals surface area contributed by atoms with Gasteiger partial charge in [-0.1, -0.05) is 127 Å². The molecular formula is C48H29BO3. The molecule has 0 radical (unpaired) electrons. The van der Waals surface area contributed by atoms with Crippen molar-refractivity contribution in [2.45, 2.75) is 0 Å². The summed E-state index contributed by atoms with van der Waals surface area (Å²) in [7, 11) is 0. The number of benzene rings is 8. The van der Waals surface area contributed by atoms with Crippen molar-refractivity contribution in [2.75, 3.05) is 0 Å². The van der Waals surface area contributed by atoms with Crippen LogP contribution in [0.1, 0.15) is 0 Å². The summed E-state index contributed by atoms with van der Waals surface area (Å²) in [6.07, 6.45) is 0. The Morgan fingerprint density at radius 1 is 0.346 bits per heavy atom. The summed E-state index contributed by atoms with van der Waals surface area (Å²) in [6, 6.07) is 61.9. The summed E-state index contributed by atoms with van der Waals surface area (Å²) in [6.45, 7) is 0.0631. The van der Waals surface area contributed by atoms with Crippen LogP contribution in [0.15, 0.2) is 180 Å². The van der Waals surface area contributed by atoms with E-state index >= 15 is 0 Å². The molecule has 0 atom stereocenters. The third-order valence-corrected chi connectivity index (χ3v) is 10.6. The van der Waals surface area contributed by atoms with Crippen LogP contribution in [0.4, 0.5) is 0 Å². The number of hydrogen-bond acceptors (Lipinski definition) is 3. The lowest BCUT2D eigenvalue weighted by Gasteiger charge is -2.33. The molecule has 0 amide bonds. The molecule has 11 rings (SSSR count). The fraction of sp³-hybridized carbons (Fsp3) is 0. The summed E-state index contributed by atoms with van der Waals surface area (Å²) >= 11 is 0. The van der Waals surface area contributed by atoms with E-state index in [1.54, 1.807) is 0 Å². The van der Waals surface area contributed by atoms with E-state index in [0.29, 0.717) is 0 Å². The van der Waals surface area contributed by atoms with Gasteiger partial charge in [-0.15, -0.1) is 0 Å². The molecule has 2 aliphatic heterocycles. The van der Waals surface area contributed by atoms with E-state index in [1.807, 2.05) is 24.3 Å². The molecule has 0 unspecified atom stereocenters. The molecule has 0 aliphatic carbocycles. The summed E-state index contributed by atoms with van der Waals surface area (Å²) in [5.41, 5.74) is 14.2. The Labute approximate surface area is 301 Å². The van der Waals surface area contributed by atoms with Crippen LogP contribution < -0.4 is 25.9 Å². The number of rotatable bonds is 4. The summed E-state index contributed by atoms with van der Waals surface area (Å²) in [5, 5.41) is 2.27. The highest BCUT2D eigenvalue weighted by molar-refractivity contribution is 6.98. The third-order valence-electron chi connectivity index (χ3n) is 10.6. The van der Waals surface area contributed by atoms with Gasteiger partial charge >= 0.3 is 0 Å². The minimum absolute atomic E-state index is 0.0631. The standard InChI is InChI=1S/C48H29BO3/c1-4-22-42-38(17-1)39-19-10-18-37(48(39)52-42)35-16-9-14-33(27-35)31-12-7-11-30(25-31)32-13-8-15-34(26-32)36-28-45-47-46(29-36)51-44-24-6-3-21-41(44)49(47)40-20-2-5-23-43(40)50-45/h1-29H. The summed E-state index contributed by atoms with van der Waals surface area (Å²) in [5.74, 6) is 3.47. The van der Waals surface area contributed by atoms with Crippen molar-refractivity contribution in [3.8, 4) is 67.5 Å². The second-order valence-corrected chi connectivity index (χ2v) is 13.6. The van der Waals surface area contributed by atoms with Crippen molar-refractivity contribution in [2.24, 2.45) is 0 Å². The molecule has 0 fully saturated rings. The molecular weight excluding hydrogens is 635 g/mol. The Hall–Kier alpha value is -6.78. The zero-order valence-corrected chi connectivity index (χ0v) is 28.0. The number of hydrogen-bond donors (Lipinski definition) is 0. The molecule has 0 spiro atoms. The molecule has 3 nitrogen and oxygen atoms in total. The number of ether oxygens (including phenoxy) is 2. The van der Waals surface area contributed by atoms with Crippen LogP contribution >= 0.6 is 0 Å². The number of para-hydroxylation sites is 4. The van der Waals surface area contributed by atoms with E-state index < -0.39 is 0 Å². The molecule has 0 N–H and O–H groups in total. The summed E-state index contributed by atoms with van der Waals surface area (Å²) in [4.78, 5) is 0. The van der Waals surface area contributed by atoms with Crippen molar-refractivity contribution in [1.29, 1.82) is 0 Å². The highest BCUT2D eigenvalue weighted by atomic mass is 16.5. The van der Waals surface area contributed by atoms with Gasteiger partial charge in [0.25, 0.3) is 6.71 Å². The lowest BCUT2D eigenvalue weighted by molar-refractivity contribution is 0.465. The monoisotopic (exact) mass is 664 g/mol. The van der Waals surface area contributed by atoms with Gasteiger partial charge in [-0.05, 0) is 98.4 Å². The average Bonchev–Trinajstić information content (AvgIpc) is 3.60. The fourth-order valence-corrected chi connectivity index (χ4v) is 8.16. The van der Waals surface area contributed by atoms with E-state index in [-0.39, 0.29) is 6.71 Å². The normalized spacial score (nSPS) is 12.5. The second kappa shape index (κ2) is 11.4. The van der Waals surface area contributed by atoms with Crippen molar-refractivity contribution >= 4 is 45.0 Å². The quantitative estimate of drug-likeness (QED) is 0.176. The Morgan fingerprint density at radius 3 is 1.46 bits per heavy atom. The van der Waals surface area contributed by atoms with Crippen molar-refractivity contribution in [3.63, 3.8) is 0 Å². The first-order chi connectivity index (χ1) is 25.7. The molecule has 0 bridgehead atoms. The molecule has 1 aromatic heterocycles. The fourth-order valence-electron chi connectivity index (χ4n) is 8.16. The van der Waals surface area contributed by atoms with Gasteiger partial charge in [0.05, 0.1) is 0 Å². The number of fused-ring (bicyclic) bond motifs is 7. The van der Waals surface area contributed by atoms with Crippen LogP contribution in [0, 0.1) is 0 Å². The molecule has 8 aromatic carbocycles. The molecule has 242 valence electrons. The van der Waals surface area contributed by atoms with Crippen LogP contribution in [0.3, 0.4) is 0 Å². The maximum absolute atomic E-state index is 6.58. The van der Waals surface area contributed by atoms with Gasteiger partial charge in [0, 0.05) is 21.8 Å². The summed E-state index contributed by atoms with van der Waals surface area (Å²) < 4.78 is 19.5. The van der Waals surface area contributed by atoms with Gasteiger partial charge < -0.3 is 13.9 Å². The Bertz CT molecular complexity index is 2810. The SMILES string of the molecule is c1cc(-c2cccc(-c3cc4c5c(c3)Oc3ccccc3B5c3ccccc3O4)c2)cc(-c2cccc(-c3cccc4c3oc3ccccc34)c2)c1. The van der Waals surface area contributed by atoms with Gasteiger partial charge in [0.2, 0.25) is 0 Å². The second-order valence-electron chi connectivity index (χ2n) is 13.6. The van der Waals surface area contributed by atoms with Crippen LogP contribution in [0.25, 0.3) is 66.4 Å². The maximum Gasteiger partial charge on any atom is 0.260 e. The topological polar surface area (TPSA) is 31.6 Å². The minimum Gasteiger partial charge on any atom is -0.458 e. The molecule has 3 heterocycles. The van der Waals surface area contributed by atoms with E-state index in [4.69, 9.17) is 13.9 Å². The lowest BCUT2D eigenvalue weighted by Crippen LogP contribution is -2.57. The Balaban J connectivity index is 0.963. The van der Waals surface area contributed by atoms with Crippen LogP contribution in [-0.2, 0) is 0 Å². The highest BCUT2D eigenvalue weighted by Gasteiger charge is 2.40. The van der Waals surface area contributed by atoms with E-state index in [9.17, 15) is 0 Å². The first kappa shape index (κ1) is 29.0. The maximum atomic E-state index is 6.58. The predicted molar refractivity (Wildman–Crippen MR) is 213 cm³/mol. The minimum atomic E-state index is 0.0631. The largest absolute Gasteiger partial charge is 0.458 e. The molecule has 4 heteroatoms. The van der Waals surface area contributed by atoms with Gasteiger partial charge in [0.15, 0.2) is 0 Å². The Kier molecular flexibility index (Phi) is 6.35. The molecule has 9 aromatic rings. The van der Waals surface area contributed by atoms with Crippen LogP contribution in [0.5, 0.6) is 23.0 Å². The highest BCUT2D eigenvalue weighted by Crippen LogP contribution is 2.40. The lowest BCUT2D eigenvalue weighted by atomic mass is 9.35. The molecule has 52 heavy (non-hydrogen) atoms. The average molecular weight is 665 g/mol. The van der Waals surface area contributed by atoms with Gasteiger partial charge in [-0.3, -0.25) is 0 Å². The van der Waals surface area contributed by atoms with E-state index in [0.717, 1.165) is 94.9 Å². The van der Waals surface area contributed by atoms with Crippen molar-refractivity contribution in [3.05, 3.63) is 176 Å². The number of furan rings is 1. The molecule has 0 saturated carbocycles. The zero-order valence-electron chi connectivity index (χ0n) is 28.0. The smallest absolute Gasteiger partial charge is 0.260 e. The zero-order chi connectivity index (χ0) is 34.2. The van der Waals surface area contributed by atoms with Crippen molar-refractivity contribution < 1.29 is 13.9 Å². The first-order valence-corrected chi connectivity index (χ1v) is 17.7. The predicted octanol–water partition coefficient (Wildman–Crippen LogP) is 11.0. The van der Waals surface area contributed by atoms with E-state index in [2.05, 4.69) is 152 Å². The van der Waals surface area contributed by atoms with E-state index in [1.165, 1.54) is 10.9 Å². The Morgan fingerprint density at radius 2 is 0.827 bits per heavy atom.